The van der Waals surface area contributed by atoms with Gasteiger partial charge in [-0.1, -0.05) is 0 Å². The maximum Gasteiger partial charge on any atom is 0.244 e. The van der Waals surface area contributed by atoms with Gasteiger partial charge in [0.1, 0.15) is 6.54 Å². The second-order valence-corrected chi connectivity index (χ2v) is 5.21. The number of nitrogens with zero attached hydrogens (tertiary/aromatic N) is 3. The summed E-state index contributed by atoms with van der Waals surface area (Å²) in [5.74, 6) is 0.121. The number of hydrogen-bond donors (Lipinski definition) is 0. The van der Waals surface area contributed by atoms with Gasteiger partial charge in [0.25, 0.3) is 0 Å². The Balaban J connectivity index is 2.04. The van der Waals surface area contributed by atoms with Crippen LogP contribution in [0, 0.1) is 17.4 Å². The molecule has 0 unspecified atom stereocenters. The van der Waals surface area contributed by atoms with Gasteiger partial charge in [-0.2, -0.15) is 5.10 Å². The molecule has 1 aliphatic rings. The van der Waals surface area contributed by atoms with Gasteiger partial charge in [0.15, 0.2) is 0 Å². The number of aryl methyl sites for hydroxylation is 1. The van der Waals surface area contributed by atoms with Gasteiger partial charge in [-0.3, -0.25) is 9.48 Å². The van der Waals surface area contributed by atoms with E-state index in [0.29, 0.717) is 32.8 Å². The summed E-state index contributed by atoms with van der Waals surface area (Å²) in [7, 11) is 0. The third kappa shape index (κ3) is 2.79. The van der Waals surface area contributed by atoms with Gasteiger partial charge in [0, 0.05) is 18.8 Å². The van der Waals surface area contributed by atoms with Crippen molar-refractivity contribution in [3.05, 3.63) is 15.0 Å². The number of morpholine rings is 1. The molecular weight excluding hydrogens is 333 g/mol. The molecule has 5 nitrogen and oxygen atoms in total. The van der Waals surface area contributed by atoms with E-state index in [9.17, 15) is 4.79 Å². The molecule has 17 heavy (non-hydrogen) atoms. The fourth-order valence-corrected chi connectivity index (χ4v) is 2.26. The van der Waals surface area contributed by atoms with Gasteiger partial charge >= 0.3 is 0 Å². The lowest BCUT2D eigenvalue weighted by molar-refractivity contribution is -0.136. The summed E-state index contributed by atoms with van der Waals surface area (Å²) >= 11 is 2.26. The van der Waals surface area contributed by atoms with Crippen LogP contribution in [0.1, 0.15) is 11.4 Å². The molecule has 0 atom stereocenters. The van der Waals surface area contributed by atoms with Crippen LogP contribution in [-0.4, -0.2) is 46.9 Å². The molecule has 1 amide bonds. The Hall–Kier alpha value is -0.630. The molecule has 1 aromatic heterocycles. The summed E-state index contributed by atoms with van der Waals surface area (Å²) in [5.41, 5.74) is 2.04. The smallest absolute Gasteiger partial charge is 0.244 e. The summed E-state index contributed by atoms with van der Waals surface area (Å²) in [6.07, 6.45) is 0. The Labute approximate surface area is 114 Å². The minimum Gasteiger partial charge on any atom is -0.378 e. The molecule has 0 aromatic carbocycles. The molecule has 0 bridgehead atoms. The highest BCUT2D eigenvalue weighted by Gasteiger charge is 2.19. The van der Waals surface area contributed by atoms with E-state index in [1.54, 1.807) is 4.68 Å². The molecule has 94 valence electrons. The van der Waals surface area contributed by atoms with Crippen LogP contribution in [0.3, 0.4) is 0 Å². The Kier molecular flexibility index (Phi) is 4.03. The van der Waals surface area contributed by atoms with Crippen LogP contribution in [0.25, 0.3) is 0 Å². The Morgan fingerprint density at radius 1 is 1.41 bits per heavy atom. The zero-order chi connectivity index (χ0) is 12.4. The molecule has 1 saturated heterocycles. The summed E-state index contributed by atoms with van der Waals surface area (Å²) in [4.78, 5) is 13.9. The lowest BCUT2D eigenvalue weighted by Crippen LogP contribution is -2.42. The number of halogens is 1. The van der Waals surface area contributed by atoms with Crippen molar-refractivity contribution in [2.75, 3.05) is 26.3 Å². The van der Waals surface area contributed by atoms with Crippen molar-refractivity contribution in [2.45, 2.75) is 20.4 Å². The van der Waals surface area contributed by atoms with Crippen molar-refractivity contribution in [2.24, 2.45) is 0 Å². The van der Waals surface area contributed by atoms with Crippen LogP contribution >= 0.6 is 22.6 Å². The predicted molar refractivity (Wildman–Crippen MR) is 71.8 cm³/mol. The second-order valence-electron chi connectivity index (χ2n) is 4.14. The predicted octanol–water partition coefficient (Wildman–Crippen LogP) is 0.963. The quantitative estimate of drug-likeness (QED) is 0.748. The number of amides is 1. The van der Waals surface area contributed by atoms with Gasteiger partial charge in [-0.05, 0) is 36.4 Å². The maximum absolute atomic E-state index is 12.0. The standard InChI is InChI=1S/C11H16IN3O2/c1-8-11(12)9(2)15(13-8)7-10(16)14-3-5-17-6-4-14/h3-7H2,1-2H3. The minimum atomic E-state index is 0.121. The van der Waals surface area contributed by atoms with E-state index < -0.39 is 0 Å². The molecule has 1 fully saturated rings. The molecule has 2 heterocycles. The molecule has 0 saturated carbocycles. The zero-order valence-corrected chi connectivity index (χ0v) is 12.2. The first-order valence-corrected chi connectivity index (χ1v) is 6.72. The number of ether oxygens (including phenoxy) is 1. The van der Waals surface area contributed by atoms with Gasteiger partial charge < -0.3 is 9.64 Å². The lowest BCUT2D eigenvalue weighted by Gasteiger charge is -2.26. The van der Waals surface area contributed by atoms with Crippen LogP contribution in [-0.2, 0) is 16.1 Å². The van der Waals surface area contributed by atoms with Gasteiger partial charge in [0.05, 0.1) is 22.5 Å². The van der Waals surface area contributed by atoms with E-state index >= 15 is 0 Å². The van der Waals surface area contributed by atoms with Crippen LogP contribution in [0.4, 0.5) is 0 Å². The molecule has 0 N–H and O–H groups in total. The largest absolute Gasteiger partial charge is 0.378 e. The van der Waals surface area contributed by atoms with Crippen molar-refractivity contribution < 1.29 is 9.53 Å². The number of carbonyl (C=O) groups is 1. The monoisotopic (exact) mass is 349 g/mol. The molecule has 1 aliphatic heterocycles. The number of hydrogen-bond acceptors (Lipinski definition) is 3. The number of aromatic nitrogens is 2. The third-order valence-corrected chi connectivity index (χ3v) is 4.50. The normalized spacial score (nSPS) is 16.3. The van der Waals surface area contributed by atoms with E-state index in [1.165, 1.54) is 0 Å². The van der Waals surface area contributed by atoms with Crippen molar-refractivity contribution in [3.63, 3.8) is 0 Å². The number of carbonyl (C=O) groups excluding carboxylic acids is 1. The van der Waals surface area contributed by atoms with E-state index in [-0.39, 0.29) is 5.91 Å². The van der Waals surface area contributed by atoms with Crippen LogP contribution in [0.15, 0.2) is 0 Å². The van der Waals surface area contributed by atoms with Gasteiger partial charge in [-0.15, -0.1) is 0 Å². The van der Waals surface area contributed by atoms with Crippen LogP contribution in [0.5, 0.6) is 0 Å². The first-order valence-electron chi connectivity index (χ1n) is 5.64. The van der Waals surface area contributed by atoms with Crippen molar-refractivity contribution in [3.8, 4) is 0 Å². The summed E-state index contributed by atoms with van der Waals surface area (Å²) < 4.78 is 8.15. The molecule has 1 aromatic rings. The molecule has 0 radical (unpaired) electrons. The van der Waals surface area contributed by atoms with Crippen molar-refractivity contribution >= 4 is 28.5 Å². The first-order chi connectivity index (χ1) is 8.09. The van der Waals surface area contributed by atoms with E-state index in [4.69, 9.17) is 4.74 Å². The summed E-state index contributed by atoms with van der Waals surface area (Å²) in [6, 6.07) is 0. The molecular formula is C11H16IN3O2. The summed E-state index contributed by atoms with van der Waals surface area (Å²) in [6.45, 7) is 6.94. The Morgan fingerprint density at radius 2 is 2.06 bits per heavy atom. The Bertz CT molecular complexity index is 425. The first kappa shape index (κ1) is 12.8. The van der Waals surface area contributed by atoms with Crippen LogP contribution in [0.2, 0.25) is 0 Å². The van der Waals surface area contributed by atoms with E-state index in [0.717, 1.165) is 15.0 Å². The molecule has 2 rings (SSSR count). The zero-order valence-electron chi connectivity index (χ0n) is 10.1. The second kappa shape index (κ2) is 5.34. The van der Waals surface area contributed by atoms with Gasteiger partial charge in [-0.25, -0.2) is 0 Å². The Morgan fingerprint density at radius 3 is 2.59 bits per heavy atom. The highest BCUT2D eigenvalue weighted by Crippen LogP contribution is 2.15. The third-order valence-electron chi connectivity index (χ3n) is 2.94. The molecule has 6 heteroatoms. The van der Waals surface area contributed by atoms with Gasteiger partial charge in [0.2, 0.25) is 5.91 Å². The van der Waals surface area contributed by atoms with Crippen LogP contribution < -0.4 is 0 Å². The molecule has 0 spiro atoms. The van der Waals surface area contributed by atoms with E-state index in [1.807, 2.05) is 18.7 Å². The highest BCUT2D eigenvalue weighted by molar-refractivity contribution is 14.1. The summed E-state index contributed by atoms with van der Waals surface area (Å²) in [5, 5.41) is 4.37. The fourth-order valence-electron chi connectivity index (χ4n) is 1.87. The highest BCUT2D eigenvalue weighted by atomic mass is 127. The average Bonchev–Trinajstić information content (AvgIpc) is 2.58. The minimum absolute atomic E-state index is 0.121. The number of rotatable bonds is 2. The SMILES string of the molecule is Cc1nn(CC(=O)N2CCOCC2)c(C)c1I. The van der Waals surface area contributed by atoms with Crippen molar-refractivity contribution in [1.82, 2.24) is 14.7 Å². The average molecular weight is 349 g/mol. The fraction of sp³-hybridized carbons (Fsp3) is 0.636. The maximum atomic E-state index is 12.0. The van der Waals surface area contributed by atoms with Crippen molar-refractivity contribution in [1.29, 1.82) is 0 Å². The van der Waals surface area contributed by atoms with E-state index in [2.05, 4.69) is 27.7 Å². The molecule has 0 aliphatic carbocycles. The topological polar surface area (TPSA) is 47.4 Å². The lowest BCUT2D eigenvalue weighted by atomic mass is 10.4.